The zero-order valence-corrected chi connectivity index (χ0v) is 36.8. The van der Waals surface area contributed by atoms with Crippen molar-refractivity contribution in [3.05, 3.63) is 147 Å². The van der Waals surface area contributed by atoms with Gasteiger partial charge in [0.15, 0.2) is 5.82 Å². The van der Waals surface area contributed by atoms with Crippen LogP contribution in [-0.2, 0) is 29.1 Å². The number of likely N-dealkylation sites (tertiary alicyclic amines) is 1. The summed E-state index contributed by atoms with van der Waals surface area (Å²) < 4.78 is 28.6. The van der Waals surface area contributed by atoms with Crippen LogP contribution in [0.3, 0.4) is 0 Å². The van der Waals surface area contributed by atoms with Crippen LogP contribution in [0.15, 0.2) is 113 Å². The highest BCUT2D eigenvalue weighted by atomic mass is 35.5. The van der Waals surface area contributed by atoms with Crippen molar-refractivity contribution < 1.29 is 23.5 Å². The maximum absolute atomic E-state index is 15.7. The summed E-state index contributed by atoms with van der Waals surface area (Å²) in [5.74, 6) is -0.160. The number of alkyl carbamates (subject to hydrolysis) is 1. The SMILES string of the molecule is CSc1cc(-n2cc3cc(-c4cc(CCC[C@@H](NC(=O)OCc5ccccc5)C5CC5)cc(Cl)c4F)[nH]c3nc2=O)ccc1[C@@H]1CCC[C@@H](CCN)N1C(=O)OCc1ccccc1. The second-order valence-corrected chi connectivity index (χ2v) is 17.7. The fourth-order valence-electron chi connectivity index (χ4n) is 8.73. The topological polar surface area (TPSA) is 145 Å². The number of nitrogens with two attached hydrogens (primary N) is 1. The first-order valence-electron chi connectivity index (χ1n) is 21.6. The Kier molecular flexibility index (Phi) is 14.1. The van der Waals surface area contributed by atoms with Crippen LogP contribution in [0.1, 0.15) is 79.7 Å². The number of nitrogens with one attached hydrogen (secondary N) is 2. The molecular formula is C49H52ClFN6O5S. The highest BCUT2D eigenvalue weighted by molar-refractivity contribution is 7.98. The maximum atomic E-state index is 15.7. The number of amides is 2. The number of hydrogen-bond donors (Lipinski definition) is 3. The second kappa shape index (κ2) is 20.3. The van der Waals surface area contributed by atoms with Crippen LogP contribution >= 0.6 is 23.4 Å². The number of aryl methyl sites for hydroxylation is 1. The molecule has 1 saturated heterocycles. The summed E-state index contributed by atoms with van der Waals surface area (Å²) in [5, 5.41) is 3.67. The molecule has 2 fully saturated rings. The Morgan fingerprint density at radius 2 is 1.68 bits per heavy atom. The Hall–Kier alpha value is -5.63. The van der Waals surface area contributed by atoms with Crippen molar-refractivity contribution >= 4 is 46.6 Å². The van der Waals surface area contributed by atoms with E-state index < -0.39 is 17.6 Å². The summed E-state index contributed by atoms with van der Waals surface area (Å²) in [6.45, 7) is 0.834. The molecule has 1 saturated carbocycles. The summed E-state index contributed by atoms with van der Waals surface area (Å²) in [5.41, 5.74) is 10.8. The van der Waals surface area contributed by atoms with Gasteiger partial charge in [-0.05, 0) is 129 Å². The van der Waals surface area contributed by atoms with Crippen LogP contribution in [0.5, 0.6) is 0 Å². The number of thioether (sulfide) groups is 1. The number of halogens is 2. The number of carbonyl (C=O) groups is 2. The molecule has 0 spiro atoms. The highest BCUT2D eigenvalue weighted by Gasteiger charge is 2.37. The third kappa shape index (κ3) is 10.6. The average Bonchev–Trinajstić information content (AvgIpc) is 4.07. The first kappa shape index (κ1) is 44.0. The van der Waals surface area contributed by atoms with Gasteiger partial charge in [0.25, 0.3) is 0 Å². The maximum Gasteiger partial charge on any atom is 0.410 e. The molecule has 63 heavy (non-hydrogen) atoms. The van der Waals surface area contributed by atoms with Gasteiger partial charge in [0.1, 0.15) is 18.9 Å². The summed E-state index contributed by atoms with van der Waals surface area (Å²) in [4.78, 5) is 50.3. The number of aromatic nitrogens is 3. The average molecular weight is 892 g/mol. The van der Waals surface area contributed by atoms with Crippen molar-refractivity contribution in [1.82, 2.24) is 24.8 Å². The van der Waals surface area contributed by atoms with Gasteiger partial charge in [-0.15, -0.1) is 11.8 Å². The zero-order valence-electron chi connectivity index (χ0n) is 35.2. The Labute approximate surface area is 375 Å². The monoisotopic (exact) mass is 890 g/mol. The third-order valence-corrected chi connectivity index (χ3v) is 13.2. The summed E-state index contributed by atoms with van der Waals surface area (Å²) >= 11 is 8.02. The molecule has 4 aromatic carbocycles. The summed E-state index contributed by atoms with van der Waals surface area (Å²) in [6, 6.07) is 29.9. The predicted octanol–water partition coefficient (Wildman–Crippen LogP) is 10.5. The molecule has 1 aliphatic heterocycles. The smallest absolute Gasteiger partial charge is 0.410 e. The molecule has 0 bridgehead atoms. The van der Waals surface area contributed by atoms with Gasteiger partial charge in [-0.1, -0.05) is 78.3 Å². The standard InChI is InChI=1S/C49H52ClFN6O5S/c1-63-44-27-37(20-21-38(44)43-17-9-15-36(22-23-52)57(43)49(60)62-30-32-12-6-3-7-13-32)56-28-35-26-42(53-46(35)55-47(56)58)39-24-33(25-40(50)45(39)51)14-8-16-41(34-18-19-34)54-48(59)61-29-31-10-4-2-5-11-31/h2-7,10-13,20-21,24-28,34,36,41,43H,8-9,14-19,22-23,29-30,52H2,1H3,(H,54,59)(H,53,55,58)/t36-,41+,43-/m0/s1. The molecule has 2 amide bonds. The minimum absolute atomic E-state index is 0.00456. The minimum atomic E-state index is -0.574. The summed E-state index contributed by atoms with van der Waals surface area (Å²) in [6.07, 6.45) is 10.3. The van der Waals surface area contributed by atoms with Crippen LogP contribution in [0.2, 0.25) is 5.02 Å². The lowest BCUT2D eigenvalue weighted by Crippen LogP contribution is -2.46. The lowest BCUT2D eigenvalue weighted by Gasteiger charge is -2.42. The van der Waals surface area contributed by atoms with Gasteiger partial charge < -0.3 is 25.5 Å². The largest absolute Gasteiger partial charge is 0.445 e. The molecule has 0 unspecified atom stereocenters. The lowest BCUT2D eigenvalue weighted by atomic mass is 9.89. The van der Waals surface area contributed by atoms with Crippen molar-refractivity contribution in [3.63, 3.8) is 0 Å². The first-order valence-corrected chi connectivity index (χ1v) is 23.2. The van der Waals surface area contributed by atoms with Gasteiger partial charge in [0.05, 0.1) is 22.4 Å². The van der Waals surface area contributed by atoms with Crippen molar-refractivity contribution in [1.29, 1.82) is 0 Å². The molecule has 3 atom stereocenters. The molecule has 1 aliphatic carbocycles. The van der Waals surface area contributed by atoms with E-state index in [9.17, 15) is 14.4 Å². The summed E-state index contributed by atoms with van der Waals surface area (Å²) in [7, 11) is 0. The number of fused-ring (bicyclic) bond motifs is 1. The van der Waals surface area contributed by atoms with E-state index in [1.165, 1.54) is 4.57 Å². The fraction of sp³-hybridized carbons (Fsp3) is 0.347. The van der Waals surface area contributed by atoms with E-state index in [0.29, 0.717) is 47.7 Å². The number of H-pyrrole nitrogens is 1. The molecule has 328 valence electrons. The molecule has 8 rings (SSSR count). The number of rotatable bonds is 16. The Balaban J connectivity index is 0.979. The van der Waals surface area contributed by atoms with Crippen LogP contribution in [0.25, 0.3) is 28.0 Å². The molecule has 6 aromatic rings. The number of benzene rings is 4. The second-order valence-electron chi connectivity index (χ2n) is 16.4. The van der Waals surface area contributed by atoms with E-state index in [1.54, 1.807) is 36.2 Å². The minimum Gasteiger partial charge on any atom is -0.445 e. The van der Waals surface area contributed by atoms with Gasteiger partial charge in [-0.25, -0.2) is 18.8 Å². The van der Waals surface area contributed by atoms with Crippen molar-refractivity contribution in [2.45, 2.75) is 94.0 Å². The molecule has 0 radical (unpaired) electrons. The first-order chi connectivity index (χ1) is 30.7. The molecule has 11 nitrogen and oxygen atoms in total. The van der Waals surface area contributed by atoms with Gasteiger partial charge in [0, 0.05) is 34.1 Å². The third-order valence-electron chi connectivity index (χ3n) is 12.1. The van der Waals surface area contributed by atoms with Crippen LogP contribution in [0.4, 0.5) is 14.0 Å². The predicted molar refractivity (Wildman–Crippen MR) is 246 cm³/mol. The normalized spacial score (nSPS) is 16.8. The van der Waals surface area contributed by atoms with E-state index in [-0.39, 0.29) is 48.0 Å². The number of carbonyl (C=O) groups excluding carboxylic acids is 2. The quantitative estimate of drug-likeness (QED) is 0.0815. The molecule has 14 heteroatoms. The van der Waals surface area contributed by atoms with E-state index >= 15 is 4.39 Å². The van der Waals surface area contributed by atoms with Crippen molar-refractivity contribution in [2.75, 3.05) is 12.8 Å². The van der Waals surface area contributed by atoms with Crippen LogP contribution < -0.4 is 16.7 Å². The molecule has 4 N–H and O–H groups in total. The molecule has 2 aliphatic rings. The fourth-order valence-corrected chi connectivity index (χ4v) is 9.65. The van der Waals surface area contributed by atoms with Crippen molar-refractivity contribution in [2.24, 2.45) is 11.7 Å². The van der Waals surface area contributed by atoms with Gasteiger partial charge in [0.2, 0.25) is 0 Å². The van der Waals surface area contributed by atoms with Gasteiger partial charge >= 0.3 is 17.9 Å². The number of ether oxygens (including phenoxy) is 2. The zero-order chi connectivity index (χ0) is 43.9. The van der Waals surface area contributed by atoms with E-state index in [1.807, 2.05) is 90.0 Å². The Bertz CT molecular complexity index is 2600. The molecule has 2 aromatic heterocycles. The van der Waals surface area contributed by atoms with Crippen LogP contribution in [0, 0.1) is 11.7 Å². The highest BCUT2D eigenvalue weighted by Crippen LogP contribution is 2.41. The molecule has 3 heterocycles. The van der Waals surface area contributed by atoms with E-state index in [4.69, 9.17) is 26.8 Å². The number of aromatic amines is 1. The Morgan fingerprint density at radius 1 is 0.952 bits per heavy atom. The number of nitrogens with zero attached hydrogens (tertiary/aromatic N) is 3. The number of piperidine rings is 1. The van der Waals surface area contributed by atoms with Crippen LogP contribution in [-0.4, -0.2) is 56.5 Å². The number of hydrogen-bond acceptors (Lipinski definition) is 8. The van der Waals surface area contributed by atoms with E-state index in [0.717, 1.165) is 72.1 Å². The Morgan fingerprint density at radius 3 is 2.38 bits per heavy atom. The van der Waals surface area contributed by atoms with Gasteiger partial charge in [-0.3, -0.25) is 9.47 Å². The van der Waals surface area contributed by atoms with Crippen molar-refractivity contribution in [3.8, 4) is 16.9 Å². The lowest BCUT2D eigenvalue weighted by molar-refractivity contribution is 0.0386. The van der Waals surface area contributed by atoms with Gasteiger partial charge in [-0.2, -0.15) is 4.98 Å². The molecular weight excluding hydrogens is 839 g/mol. The van der Waals surface area contributed by atoms with E-state index in [2.05, 4.69) is 15.3 Å².